The molecule has 7 heteroatoms. The van der Waals surface area contributed by atoms with Gasteiger partial charge in [0.1, 0.15) is 0 Å². The molecule has 0 saturated carbocycles. The van der Waals surface area contributed by atoms with E-state index >= 15 is 0 Å². The van der Waals surface area contributed by atoms with E-state index in [1.54, 1.807) is 31.3 Å². The number of anilines is 1. The number of ether oxygens (including phenoxy) is 1. The molecule has 2 aromatic carbocycles. The minimum Gasteiger partial charge on any atom is -0.494 e. The lowest BCUT2D eigenvalue weighted by molar-refractivity contribution is -0.119. The highest BCUT2D eigenvalue weighted by Gasteiger charge is 2.13. The molecule has 0 bridgehead atoms. The van der Waals surface area contributed by atoms with Crippen LogP contribution in [0.15, 0.2) is 36.4 Å². The van der Waals surface area contributed by atoms with Gasteiger partial charge in [-0.1, -0.05) is 35.3 Å². The second-order valence-electron chi connectivity index (χ2n) is 4.97. The summed E-state index contributed by atoms with van der Waals surface area (Å²) in [6.07, 6.45) is 0.286. The Kier molecular flexibility index (Phi) is 6.06. The summed E-state index contributed by atoms with van der Waals surface area (Å²) in [5.41, 5.74) is 1.77. The van der Waals surface area contributed by atoms with E-state index in [-0.39, 0.29) is 28.3 Å². The summed E-state index contributed by atoms with van der Waals surface area (Å²) in [5, 5.41) is 5.83. The molecular formula is C17H16Cl2N2O3. The van der Waals surface area contributed by atoms with E-state index in [9.17, 15) is 9.59 Å². The molecule has 0 spiro atoms. The molecule has 0 unspecified atom stereocenters. The first-order chi connectivity index (χ1) is 11.4. The Labute approximate surface area is 149 Å². The summed E-state index contributed by atoms with van der Waals surface area (Å²) in [6, 6.07) is 9.98. The first-order valence-corrected chi connectivity index (χ1v) is 7.84. The average molecular weight is 367 g/mol. The number of rotatable bonds is 5. The Bertz CT molecular complexity index is 738. The fraction of sp³-hybridized carbons (Fsp3) is 0.176. The van der Waals surface area contributed by atoms with Crippen LogP contribution < -0.4 is 15.4 Å². The van der Waals surface area contributed by atoms with Gasteiger partial charge in [0.05, 0.1) is 23.6 Å². The van der Waals surface area contributed by atoms with Crippen molar-refractivity contribution in [2.45, 2.75) is 6.42 Å². The standard InChI is InChI=1S/C17H16Cl2N2O3/c1-20-15(22)7-10-3-5-12(6-4-10)21-17(23)11-8-13(18)16(24-2)14(19)9-11/h3-6,8-9H,7H2,1-2H3,(H,20,22)(H,21,23). The van der Waals surface area contributed by atoms with Crippen LogP contribution in [0.4, 0.5) is 5.69 Å². The van der Waals surface area contributed by atoms with E-state index < -0.39 is 0 Å². The van der Waals surface area contributed by atoms with Crippen molar-refractivity contribution in [2.75, 3.05) is 19.5 Å². The molecule has 2 rings (SSSR count). The molecule has 0 aliphatic heterocycles. The van der Waals surface area contributed by atoms with E-state index in [2.05, 4.69) is 10.6 Å². The third-order valence-corrected chi connectivity index (χ3v) is 3.88. The molecule has 0 saturated heterocycles. The quantitative estimate of drug-likeness (QED) is 0.850. The third-order valence-electron chi connectivity index (χ3n) is 3.32. The monoisotopic (exact) mass is 366 g/mol. The number of halogens is 2. The first-order valence-electron chi connectivity index (χ1n) is 7.08. The van der Waals surface area contributed by atoms with Crippen molar-refractivity contribution >= 4 is 40.7 Å². The fourth-order valence-corrected chi connectivity index (χ4v) is 2.71. The Morgan fingerprint density at radius 3 is 2.17 bits per heavy atom. The van der Waals surface area contributed by atoms with Crippen molar-refractivity contribution in [1.29, 1.82) is 0 Å². The lowest BCUT2D eigenvalue weighted by Gasteiger charge is -2.10. The van der Waals surface area contributed by atoms with Gasteiger partial charge in [-0.15, -0.1) is 0 Å². The zero-order valence-corrected chi connectivity index (χ0v) is 14.7. The highest BCUT2D eigenvalue weighted by atomic mass is 35.5. The lowest BCUT2D eigenvalue weighted by Crippen LogP contribution is -2.19. The molecular weight excluding hydrogens is 351 g/mol. The summed E-state index contributed by atoms with van der Waals surface area (Å²) in [7, 11) is 3.04. The number of hydrogen-bond acceptors (Lipinski definition) is 3. The van der Waals surface area contributed by atoms with Gasteiger partial charge in [0.15, 0.2) is 5.75 Å². The van der Waals surface area contributed by atoms with Crippen LogP contribution in [0, 0.1) is 0 Å². The molecule has 0 radical (unpaired) electrons. The molecule has 126 valence electrons. The molecule has 2 N–H and O–H groups in total. The number of hydrogen-bond donors (Lipinski definition) is 2. The van der Waals surface area contributed by atoms with Gasteiger partial charge in [0.25, 0.3) is 5.91 Å². The summed E-state index contributed by atoms with van der Waals surface area (Å²) in [6.45, 7) is 0. The van der Waals surface area contributed by atoms with Crippen LogP contribution in [0.3, 0.4) is 0 Å². The summed E-state index contributed by atoms with van der Waals surface area (Å²) >= 11 is 12.1. The van der Waals surface area contributed by atoms with Crippen LogP contribution in [-0.2, 0) is 11.2 Å². The lowest BCUT2D eigenvalue weighted by atomic mass is 10.1. The van der Waals surface area contributed by atoms with E-state index in [1.165, 1.54) is 19.2 Å². The van der Waals surface area contributed by atoms with Gasteiger partial charge < -0.3 is 15.4 Å². The zero-order valence-electron chi connectivity index (χ0n) is 13.2. The normalized spacial score (nSPS) is 10.2. The van der Waals surface area contributed by atoms with Crippen LogP contribution in [0.2, 0.25) is 10.0 Å². The Hall–Kier alpha value is -2.24. The summed E-state index contributed by atoms with van der Waals surface area (Å²) < 4.78 is 5.05. The second kappa shape index (κ2) is 8.04. The van der Waals surface area contributed by atoms with Gasteiger partial charge in [-0.2, -0.15) is 0 Å². The van der Waals surface area contributed by atoms with Crippen LogP contribution >= 0.6 is 23.2 Å². The average Bonchev–Trinajstić information content (AvgIpc) is 2.56. The molecule has 0 aromatic heterocycles. The van der Waals surface area contributed by atoms with E-state index in [1.807, 2.05) is 0 Å². The van der Waals surface area contributed by atoms with Crippen molar-refractivity contribution < 1.29 is 14.3 Å². The predicted molar refractivity (Wildman–Crippen MR) is 95.2 cm³/mol. The Morgan fingerprint density at radius 2 is 1.67 bits per heavy atom. The topological polar surface area (TPSA) is 67.4 Å². The SMILES string of the molecule is CNC(=O)Cc1ccc(NC(=O)c2cc(Cl)c(OC)c(Cl)c2)cc1. The number of carbonyl (C=O) groups is 2. The smallest absolute Gasteiger partial charge is 0.255 e. The van der Waals surface area contributed by atoms with Gasteiger partial charge in [-0.05, 0) is 29.8 Å². The van der Waals surface area contributed by atoms with Gasteiger partial charge in [-0.25, -0.2) is 0 Å². The van der Waals surface area contributed by atoms with Crippen molar-refractivity contribution in [3.8, 4) is 5.75 Å². The van der Waals surface area contributed by atoms with Crippen molar-refractivity contribution in [3.63, 3.8) is 0 Å². The fourth-order valence-electron chi connectivity index (χ4n) is 2.07. The maximum atomic E-state index is 12.3. The molecule has 0 aliphatic rings. The van der Waals surface area contributed by atoms with Crippen LogP contribution in [0.5, 0.6) is 5.75 Å². The molecule has 0 aliphatic carbocycles. The highest BCUT2D eigenvalue weighted by Crippen LogP contribution is 2.34. The Morgan fingerprint density at radius 1 is 1.08 bits per heavy atom. The van der Waals surface area contributed by atoms with Crippen LogP contribution in [-0.4, -0.2) is 26.0 Å². The van der Waals surface area contributed by atoms with E-state index in [0.29, 0.717) is 17.0 Å². The molecule has 0 heterocycles. The number of carbonyl (C=O) groups excluding carboxylic acids is 2. The number of amides is 2. The van der Waals surface area contributed by atoms with E-state index in [0.717, 1.165) is 5.56 Å². The van der Waals surface area contributed by atoms with Gasteiger partial charge in [0.2, 0.25) is 5.91 Å². The van der Waals surface area contributed by atoms with E-state index in [4.69, 9.17) is 27.9 Å². The molecule has 2 amide bonds. The van der Waals surface area contributed by atoms with Gasteiger partial charge in [0, 0.05) is 18.3 Å². The minimum atomic E-state index is -0.347. The molecule has 24 heavy (non-hydrogen) atoms. The first kappa shape index (κ1) is 18.1. The van der Waals surface area contributed by atoms with Gasteiger partial charge in [-0.3, -0.25) is 9.59 Å². The minimum absolute atomic E-state index is 0.0747. The predicted octanol–water partition coefficient (Wildman–Crippen LogP) is 3.54. The molecule has 0 fully saturated rings. The van der Waals surface area contributed by atoms with Gasteiger partial charge >= 0.3 is 0 Å². The number of nitrogens with one attached hydrogen (secondary N) is 2. The zero-order chi connectivity index (χ0) is 17.7. The van der Waals surface area contributed by atoms with Crippen molar-refractivity contribution in [1.82, 2.24) is 5.32 Å². The van der Waals surface area contributed by atoms with Crippen LogP contribution in [0.25, 0.3) is 0 Å². The third kappa shape index (κ3) is 4.40. The number of benzene rings is 2. The van der Waals surface area contributed by atoms with Crippen molar-refractivity contribution in [3.05, 3.63) is 57.6 Å². The Balaban J connectivity index is 2.11. The summed E-state index contributed by atoms with van der Waals surface area (Å²) in [5.74, 6) is -0.0942. The number of methoxy groups -OCH3 is 1. The summed E-state index contributed by atoms with van der Waals surface area (Å²) in [4.78, 5) is 23.6. The maximum absolute atomic E-state index is 12.3. The molecule has 2 aromatic rings. The largest absolute Gasteiger partial charge is 0.494 e. The molecule has 5 nitrogen and oxygen atoms in total. The second-order valence-corrected chi connectivity index (χ2v) is 5.79. The maximum Gasteiger partial charge on any atom is 0.255 e. The van der Waals surface area contributed by atoms with Crippen molar-refractivity contribution in [2.24, 2.45) is 0 Å². The van der Waals surface area contributed by atoms with Crippen LogP contribution in [0.1, 0.15) is 15.9 Å². The number of likely N-dealkylation sites (N-methyl/N-ethyl adjacent to an activating group) is 1. The molecule has 0 atom stereocenters. The highest BCUT2D eigenvalue weighted by molar-refractivity contribution is 6.37.